The predicted molar refractivity (Wildman–Crippen MR) is 67.3 cm³/mol. The first-order valence-corrected chi connectivity index (χ1v) is 6.13. The molecule has 2 rings (SSSR count). The summed E-state index contributed by atoms with van der Waals surface area (Å²) in [4.78, 5) is 1.20. The van der Waals surface area contributed by atoms with Crippen LogP contribution in [0.15, 0.2) is 12.4 Å². The lowest BCUT2D eigenvalue weighted by molar-refractivity contribution is 0.525. The predicted octanol–water partition coefficient (Wildman–Crippen LogP) is 2.55. The summed E-state index contributed by atoms with van der Waals surface area (Å²) in [6.45, 7) is 7.31. The summed E-state index contributed by atoms with van der Waals surface area (Å²) in [5, 5.41) is 8.93. The highest BCUT2D eigenvalue weighted by atomic mass is 32.1. The molecule has 0 aliphatic carbocycles. The van der Waals surface area contributed by atoms with Crippen molar-refractivity contribution in [3.63, 3.8) is 0 Å². The van der Waals surface area contributed by atoms with Gasteiger partial charge in [0, 0.05) is 11.4 Å². The molecule has 0 saturated carbocycles. The van der Waals surface area contributed by atoms with Crippen molar-refractivity contribution in [2.45, 2.75) is 27.3 Å². The molecule has 0 saturated heterocycles. The first-order valence-electron chi connectivity index (χ1n) is 5.32. The maximum Gasteiger partial charge on any atom is 0.166 e. The van der Waals surface area contributed by atoms with Crippen molar-refractivity contribution in [1.29, 1.82) is 0 Å². The Labute approximate surface area is 99.1 Å². The fourth-order valence-corrected chi connectivity index (χ4v) is 2.48. The van der Waals surface area contributed by atoms with Gasteiger partial charge in [0.1, 0.15) is 6.33 Å². The average molecular weight is 236 g/mol. The number of rotatable bonds is 3. The van der Waals surface area contributed by atoms with E-state index in [0.717, 1.165) is 22.9 Å². The number of aryl methyl sites for hydroxylation is 1. The molecule has 5 heteroatoms. The molecule has 0 unspecified atom stereocenters. The number of anilines is 1. The smallest absolute Gasteiger partial charge is 0.166 e. The van der Waals surface area contributed by atoms with Gasteiger partial charge < -0.3 is 10.3 Å². The maximum absolute atomic E-state index is 5.97. The molecule has 0 aliphatic rings. The molecular weight excluding hydrogens is 220 g/mol. The van der Waals surface area contributed by atoms with Crippen molar-refractivity contribution in [3.8, 4) is 11.4 Å². The van der Waals surface area contributed by atoms with E-state index >= 15 is 0 Å². The van der Waals surface area contributed by atoms with Gasteiger partial charge in [0.15, 0.2) is 5.82 Å². The highest BCUT2D eigenvalue weighted by Gasteiger charge is 2.13. The maximum atomic E-state index is 5.97. The molecule has 0 atom stereocenters. The topological polar surface area (TPSA) is 56.7 Å². The second kappa shape index (κ2) is 4.25. The van der Waals surface area contributed by atoms with Crippen LogP contribution in [0.25, 0.3) is 11.4 Å². The van der Waals surface area contributed by atoms with Crippen LogP contribution in [0.1, 0.15) is 18.7 Å². The van der Waals surface area contributed by atoms with Crippen molar-refractivity contribution >= 4 is 16.3 Å². The van der Waals surface area contributed by atoms with E-state index in [9.17, 15) is 0 Å². The third-order valence-corrected chi connectivity index (χ3v) is 3.18. The zero-order valence-corrected chi connectivity index (χ0v) is 10.6. The highest BCUT2D eigenvalue weighted by molar-refractivity contribution is 7.16. The van der Waals surface area contributed by atoms with Gasteiger partial charge in [0.2, 0.25) is 0 Å². The first kappa shape index (κ1) is 11.1. The molecule has 2 aromatic rings. The Kier molecular flexibility index (Phi) is 2.96. The number of aromatic nitrogens is 3. The minimum Gasteiger partial charge on any atom is -0.390 e. The van der Waals surface area contributed by atoms with Gasteiger partial charge in [0.25, 0.3) is 0 Å². The number of hydrogen-bond acceptors (Lipinski definition) is 4. The van der Waals surface area contributed by atoms with E-state index in [0.29, 0.717) is 5.92 Å². The molecule has 4 nitrogen and oxygen atoms in total. The van der Waals surface area contributed by atoms with Crippen LogP contribution in [0.4, 0.5) is 5.00 Å². The van der Waals surface area contributed by atoms with Crippen LogP contribution in [0, 0.1) is 12.8 Å². The Morgan fingerprint density at radius 2 is 2.25 bits per heavy atom. The van der Waals surface area contributed by atoms with Crippen molar-refractivity contribution in [3.05, 3.63) is 17.3 Å². The highest BCUT2D eigenvalue weighted by Crippen LogP contribution is 2.32. The van der Waals surface area contributed by atoms with E-state index in [4.69, 9.17) is 5.73 Å². The molecule has 2 heterocycles. The standard InChI is InChI=1S/C11H16N4S/c1-7(2)5-15-6-13-14-11(15)9-4-8(3)16-10(9)12/h4,6-7H,5,12H2,1-3H3. The van der Waals surface area contributed by atoms with Crippen LogP contribution in [0.2, 0.25) is 0 Å². The molecule has 0 spiro atoms. The SMILES string of the molecule is Cc1cc(-c2nncn2CC(C)C)c(N)s1. The minimum atomic E-state index is 0.565. The number of nitrogen functional groups attached to an aromatic ring is 1. The summed E-state index contributed by atoms with van der Waals surface area (Å²) in [6.07, 6.45) is 1.77. The summed E-state index contributed by atoms with van der Waals surface area (Å²) in [6, 6.07) is 2.07. The van der Waals surface area contributed by atoms with E-state index in [-0.39, 0.29) is 0 Å². The summed E-state index contributed by atoms with van der Waals surface area (Å²) < 4.78 is 2.06. The average Bonchev–Trinajstić information content (AvgIpc) is 2.72. The van der Waals surface area contributed by atoms with Crippen molar-refractivity contribution in [1.82, 2.24) is 14.8 Å². The monoisotopic (exact) mass is 236 g/mol. The summed E-state index contributed by atoms with van der Waals surface area (Å²) in [5.41, 5.74) is 6.97. The van der Waals surface area contributed by atoms with Crippen LogP contribution >= 0.6 is 11.3 Å². The fourth-order valence-electron chi connectivity index (χ4n) is 1.70. The zero-order chi connectivity index (χ0) is 11.7. The lowest BCUT2D eigenvalue weighted by Gasteiger charge is -2.08. The molecular formula is C11H16N4S. The Balaban J connectivity index is 2.40. The minimum absolute atomic E-state index is 0.565. The molecule has 0 aliphatic heterocycles. The van der Waals surface area contributed by atoms with E-state index < -0.39 is 0 Å². The van der Waals surface area contributed by atoms with Gasteiger partial charge in [0.05, 0.1) is 10.6 Å². The zero-order valence-electron chi connectivity index (χ0n) is 9.77. The molecule has 0 radical (unpaired) electrons. The fraction of sp³-hybridized carbons (Fsp3) is 0.455. The summed E-state index contributed by atoms with van der Waals surface area (Å²) in [7, 11) is 0. The van der Waals surface area contributed by atoms with Gasteiger partial charge in [-0.1, -0.05) is 13.8 Å². The van der Waals surface area contributed by atoms with Crippen LogP contribution < -0.4 is 5.73 Å². The van der Waals surface area contributed by atoms with E-state index in [2.05, 4.69) is 34.7 Å². The Morgan fingerprint density at radius 3 is 2.81 bits per heavy atom. The molecule has 0 fully saturated rings. The van der Waals surface area contributed by atoms with Gasteiger partial charge in [-0.3, -0.25) is 0 Å². The second-order valence-corrected chi connectivity index (χ2v) is 5.62. The second-order valence-electron chi connectivity index (χ2n) is 4.34. The molecule has 2 N–H and O–H groups in total. The molecule has 16 heavy (non-hydrogen) atoms. The number of nitrogens with two attached hydrogens (primary N) is 1. The van der Waals surface area contributed by atoms with Crippen molar-refractivity contribution in [2.75, 3.05) is 5.73 Å². The molecule has 2 aromatic heterocycles. The summed E-state index contributed by atoms with van der Waals surface area (Å²) in [5.74, 6) is 1.44. The number of thiophene rings is 1. The Morgan fingerprint density at radius 1 is 1.50 bits per heavy atom. The molecule has 0 aromatic carbocycles. The summed E-state index contributed by atoms with van der Waals surface area (Å²) >= 11 is 1.59. The van der Waals surface area contributed by atoms with Gasteiger partial charge in [-0.2, -0.15) is 0 Å². The van der Waals surface area contributed by atoms with Crippen LogP contribution in [-0.4, -0.2) is 14.8 Å². The quantitative estimate of drug-likeness (QED) is 0.891. The molecule has 0 bridgehead atoms. The van der Waals surface area contributed by atoms with E-state index in [1.54, 1.807) is 17.7 Å². The Hall–Kier alpha value is -1.36. The van der Waals surface area contributed by atoms with Gasteiger partial charge in [-0.05, 0) is 18.9 Å². The normalized spacial score (nSPS) is 11.2. The molecule has 0 amide bonds. The van der Waals surface area contributed by atoms with Crippen LogP contribution in [0.5, 0.6) is 0 Å². The van der Waals surface area contributed by atoms with Crippen LogP contribution in [-0.2, 0) is 6.54 Å². The van der Waals surface area contributed by atoms with E-state index in [1.807, 2.05) is 6.92 Å². The lowest BCUT2D eigenvalue weighted by Crippen LogP contribution is -2.05. The van der Waals surface area contributed by atoms with Gasteiger partial charge in [-0.25, -0.2) is 0 Å². The van der Waals surface area contributed by atoms with E-state index in [1.165, 1.54) is 4.88 Å². The first-order chi connectivity index (χ1) is 7.58. The third-order valence-electron chi connectivity index (χ3n) is 2.30. The number of hydrogen-bond donors (Lipinski definition) is 1. The van der Waals surface area contributed by atoms with Crippen molar-refractivity contribution < 1.29 is 0 Å². The largest absolute Gasteiger partial charge is 0.390 e. The molecule has 86 valence electrons. The van der Waals surface area contributed by atoms with Crippen LogP contribution in [0.3, 0.4) is 0 Å². The lowest BCUT2D eigenvalue weighted by atomic mass is 10.2. The number of nitrogens with zero attached hydrogens (tertiary/aromatic N) is 3. The third kappa shape index (κ3) is 2.09. The Bertz CT molecular complexity index is 484. The van der Waals surface area contributed by atoms with Gasteiger partial charge in [-0.15, -0.1) is 21.5 Å². The van der Waals surface area contributed by atoms with Crippen molar-refractivity contribution in [2.24, 2.45) is 5.92 Å². The van der Waals surface area contributed by atoms with Gasteiger partial charge >= 0.3 is 0 Å².